The van der Waals surface area contributed by atoms with E-state index < -0.39 is 0 Å². The summed E-state index contributed by atoms with van der Waals surface area (Å²) in [5.41, 5.74) is 7.16. The third-order valence-electron chi connectivity index (χ3n) is 2.84. The van der Waals surface area contributed by atoms with Crippen molar-refractivity contribution in [2.45, 2.75) is 19.3 Å². The monoisotopic (exact) mass is 231 g/mol. The molecule has 0 bridgehead atoms. The molecule has 1 nitrogen and oxygen atoms in total. The van der Waals surface area contributed by atoms with E-state index in [1.165, 1.54) is 15.3 Å². The largest absolute Gasteiger partial charge is 0.330 e. The van der Waals surface area contributed by atoms with Crippen molar-refractivity contribution in [2.24, 2.45) is 5.73 Å². The van der Waals surface area contributed by atoms with Gasteiger partial charge in [-0.1, -0.05) is 44.2 Å². The molecule has 0 fully saturated rings. The number of benzene rings is 1. The lowest BCUT2D eigenvalue weighted by molar-refractivity contribution is 0.550. The highest BCUT2D eigenvalue weighted by molar-refractivity contribution is 7.15. The van der Waals surface area contributed by atoms with Crippen LogP contribution in [-0.4, -0.2) is 6.54 Å². The van der Waals surface area contributed by atoms with Crippen LogP contribution in [0, 0.1) is 0 Å². The summed E-state index contributed by atoms with van der Waals surface area (Å²) >= 11 is 1.84. The Morgan fingerprint density at radius 3 is 2.38 bits per heavy atom. The van der Waals surface area contributed by atoms with Gasteiger partial charge >= 0.3 is 0 Å². The Bertz CT molecular complexity index is 457. The zero-order valence-electron chi connectivity index (χ0n) is 9.73. The van der Waals surface area contributed by atoms with Crippen molar-refractivity contribution in [1.29, 1.82) is 0 Å². The molecule has 84 valence electrons. The van der Waals surface area contributed by atoms with E-state index >= 15 is 0 Å². The number of thiophene rings is 1. The molecule has 1 aromatic heterocycles. The van der Waals surface area contributed by atoms with E-state index in [0.29, 0.717) is 6.54 Å². The average molecular weight is 231 g/mol. The van der Waals surface area contributed by atoms with Gasteiger partial charge in [0.25, 0.3) is 0 Å². The smallest absolute Gasteiger partial charge is 0.0345 e. The quantitative estimate of drug-likeness (QED) is 0.857. The van der Waals surface area contributed by atoms with Crippen LogP contribution in [0.1, 0.15) is 18.7 Å². The van der Waals surface area contributed by atoms with Gasteiger partial charge in [0.15, 0.2) is 0 Å². The van der Waals surface area contributed by atoms with Crippen LogP contribution in [0.2, 0.25) is 0 Å². The number of hydrogen-bond donors (Lipinski definition) is 1. The van der Waals surface area contributed by atoms with Gasteiger partial charge in [-0.2, -0.15) is 0 Å². The van der Waals surface area contributed by atoms with Crippen molar-refractivity contribution in [3.8, 4) is 10.4 Å². The summed E-state index contributed by atoms with van der Waals surface area (Å²) < 4.78 is 0. The average Bonchev–Trinajstić information content (AvgIpc) is 2.80. The van der Waals surface area contributed by atoms with Crippen LogP contribution in [0.15, 0.2) is 42.5 Å². The van der Waals surface area contributed by atoms with Gasteiger partial charge < -0.3 is 5.73 Å². The van der Waals surface area contributed by atoms with Crippen LogP contribution in [0.4, 0.5) is 0 Å². The van der Waals surface area contributed by atoms with Gasteiger partial charge in [-0.3, -0.25) is 0 Å². The maximum Gasteiger partial charge on any atom is 0.0345 e. The predicted octanol–water partition coefficient (Wildman–Crippen LogP) is 3.65. The summed E-state index contributed by atoms with van der Waals surface area (Å²) in [7, 11) is 0. The van der Waals surface area contributed by atoms with E-state index in [0.717, 1.165) is 0 Å². The van der Waals surface area contributed by atoms with Gasteiger partial charge in [-0.05, 0) is 17.7 Å². The lowest BCUT2D eigenvalue weighted by atomic mass is 9.92. The van der Waals surface area contributed by atoms with Gasteiger partial charge in [0.05, 0.1) is 0 Å². The molecule has 0 aliphatic heterocycles. The summed E-state index contributed by atoms with van der Waals surface area (Å²) in [5, 5.41) is 0. The maximum atomic E-state index is 5.79. The first kappa shape index (κ1) is 11.4. The van der Waals surface area contributed by atoms with Crippen molar-refractivity contribution in [2.75, 3.05) is 6.54 Å². The lowest BCUT2D eigenvalue weighted by Gasteiger charge is -2.20. The Hall–Kier alpha value is -1.12. The fourth-order valence-electron chi connectivity index (χ4n) is 1.56. The molecule has 2 N–H and O–H groups in total. The Kier molecular flexibility index (Phi) is 3.13. The normalized spacial score (nSPS) is 11.7. The van der Waals surface area contributed by atoms with Gasteiger partial charge in [0.1, 0.15) is 0 Å². The molecule has 0 aliphatic carbocycles. The van der Waals surface area contributed by atoms with Crippen LogP contribution in [0.5, 0.6) is 0 Å². The lowest BCUT2D eigenvalue weighted by Crippen LogP contribution is -2.26. The van der Waals surface area contributed by atoms with Crippen LogP contribution < -0.4 is 5.73 Å². The molecule has 0 saturated heterocycles. The van der Waals surface area contributed by atoms with Gasteiger partial charge in [0, 0.05) is 21.7 Å². The first-order valence-electron chi connectivity index (χ1n) is 5.49. The predicted molar refractivity (Wildman–Crippen MR) is 71.8 cm³/mol. The second-order valence-corrected chi connectivity index (χ2v) is 5.70. The highest BCUT2D eigenvalue weighted by Gasteiger charge is 2.20. The molecule has 2 aromatic rings. The van der Waals surface area contributed by atoms with Crippen molar-refractivity contribution >= 4 is 11.3 Å². The highest BCUT2D eigenvalue weighted by atomic mass is 32.1. The zero-order chi connectivity index (χ0) is 11.6. The second kappa shape index (κ2) is 4.40. The molecule has 1 aromatic carbocycles. The zero-order valence-corrected chi connectivity index (χ0v) is 10.6. The van der Waals surface area contributed by atoms with Crippen molar-refractivity contribution in [3.63, 3.8) is 0 Å². The molecule has 2 heteroatoms. The van der Waals surface area contributed by atoms with E-state index in [1.54, 1.807) is 0 Å². The van der Waals surface area contributed by atoms with Gasteiger partial charge in [-0.25, -0.2) is 0 Å². The van der Waals surface area contributed by atoms with E-state index in [1.807, 2.05) is 17.4 Å². The summed E-state index contributed by atoms with van der Waals surface area (Å²) in [5.74, 6) is 0. The molecule has 0 unspecified atom stereocenters. The molecule has 0 spiro atoms. The molecule has 0 aliphatic rings. The molecule has 2 rings (SSSR count). The highest BCUT2D eigenvalue weighted by Crippen LogP contribution is 2.34. The van der Waals surface area contributed by atoms with E-state index in [4.69, 9.17) is 5.73 Å². The van der Waals surface area contributed by atoms with Crippen LogP contribution in [0.25, 0.3) is 10.4 Å². The first-order chi connectivity index (χ1) is 7.63. The Morgan fingerprint density at radius 1 is 1.06 bits per heavy atom. The maximum absolute atomic E-state index is 5.79. The molecule has 0 amide bonds. The first-order valence-corrected chi connectivity index (χ1v) is 6.31. The van der Waals surface area contributed by atoms with Crippen molar-refractivity contribution < 1.29 is 0 Å². The van der Waals surface area contributed by atoms with Gasteiger partial charge in [0.2, 0.25) is 0 Å². The topological polar surface area (TPSA) is 26.0 Å². The third-order valence-corrected chi connectivity index (χ3v) is 4.34. The Balaban J connectivity index is 2.34. The van der Waals surface area contributed by atoms with Crippen molar-refractivity contribution in [3.05, 3.63) is 47.3 Å². The summed E-state index contributed by atoms with van der Waals surface area (Å²) in [4.78, 5) is 2.67. The van der Waals surface area contributed by atoms with Crippen LogP contribution >= 0.6 is 11.3 Å². The fraction of sp³-hybridized carbons (Fsp3) is 0.286. The molecule has 1 heterocycles. The van der Waals surface area contributed by atoms with E-state index in [2.05, 4.69) is 50.2 Å². The third kappa shape index (κ3) is 2.18. The molecular weight excluding hydrogens is 214 g/mol. The summed E-state index contributed by atoms with van der Waals surface area (Å²) in [6, 6.07) is 14.9. The fourth-order valence-corrected chi connectivity index (χ4v) is 2.68. The van der Waals surface area contributed by atoms with Crippen molar-refractivity contribution in [1.82, 2.24) is 0 Å². The SMILES string of the molecule is CC(C)(CN)c1ccc(-c2ccccc2)s1. The van der Waals surface area contributed by atoms with Gasteiger partial charge in [-0.15, -0.1) is 11.3 Å². The van der Waals surface area contributed by atoms with Crippen LogP contribution in [-0.2, 0) is 5.41 Å². The molecular formula is C14H17NS. The summed E-state index contributed by atoms with van der Waals surface area (Å²) in [6.07, 6.45) is 0. The Morgan fingerprint density at radius 2 is 1.75 bits per heavy atom. The Labute approximate surface area is 101 Å². The standard InChI is InChI=1S/C14H17NS/c1-14(2,10-15)13-9-8-12(16-13)11-6-4-3-5-7-11/h3-9H,10,15H2,1-2H3. The number of rotatable bonds is 3. The second-order valence-electron chi connectivity index (χ2n) is 4.62. The minimum absolute atomic E-state index is 0.0810. The molecule has 0 atom stereocenters. The minimum Gasteiger partial charge on any atom is -0.330 e. The minimum atomic E-state index is 0.0810. The van der Waals surface area contributed by atoms with E-state index in [9.17, 15) is 0 Å². The number of hydrogen-bond acceptors (Lipinski definition) is 2. The number of nitrogens with two attached hydrogens (primary N) is 1. The molecule has 0 saturated carbocycles. The summed E-state index contributed by atoms with van der Waals surface area (Å²) in [6.45, 7) is 5.06. The van der Waals surface area contributed by atoms with Crippen LogP contribution in [0.3, 0.4) is 0 Å². The van der Waals surface area contributed by atoms with E-state index in [-0.39, 0.29) is 5.41 Å². The molecule has 16 heavy (non-hydrogen) atoms. The molecule has 0 radical (unpaired) electrons.